The van der Waals surface area contributed by atoms with Crippen LogP contribution in [0.1, 0.15) is 38.5 Å². The maximum atomic E-state index is 10.9. The van der Waals surface area contributed by atoms with Gasteiger partial charge in [-0.1, -0.05) is 12.8 Å². The minimum absolute atomic E-state index is 0.0156. The van der Waals surface area contributed by atoms with Gasteiger partial charge in [-0.15, -0.1) is 0 Å². The van der Waals surface area contributed by atoms with Crippen molar-refractivity contribution in [2.75, 3.05) is 26.7 Å². The lowest BCUT2D eigenvalue weighted by molar-refractivity contribution is -0.117. The second-order valence-electron chi connectivity index (χ2n) is 5.56. The van der Waals surface area contributed by atoms with Gasteiger partial charge < -0.3 is 15.7 Å². The predicted molar refractivity (Wildman–Crippen MR) is 61.6 cm³/mol. The molecule has 0 bridgehead atoms. The van der Waals surface area contributed by atoms with Gasteiger partial charge in [-0.05, 0) is 39.3 Å². The van der Waals surface area contributed by atoms with Gasteiger partial charge in [0.2, 0.25) is 0 Å². The Kier molecular flexibility index (Phi) is 3.06. The Hall–Kier alpha value is -0.120. The molecule has 2 fully saturated rings. The van der Waals surface area contributed by atoms with Crippen LogP contribution in [0.25, 0.3) is 0 Å². The van der Waals surface area contributed by atoms with Crippen LogP contribution in [0.2, 0.25) is 0 Å². The number of likely N-dealkylation sites (N-methyl/N-ethyl adjacent to an activating group) is 1. The predicted octanol–water partition coefficient (Wildman–Crippen LogP) is 0.962. The van der Waals surface area contributed by atoms with Crippen LogP contribution in [0.4, 0.5) is 0 Å². The SMILES string of the molecule is CN1CCCC(O)(C2(CN)CCCC2)C1. The highest BCUT2D eigenvalue weighted by molar-refractivity contribution is 5.04. The maximum Gasteiger partial charge on any atom is 0.0842 e. The molecule has 1 aliphatic carbocycles. The second kappa shape index (κ2) is 4.04. The lowest BCUT2D eigenvalue weighted by atomic mass is 9.67. The first kappa shape index (κ1) is 11.4. The smallest absolute Gasteiger partial charge is 0.0842 e. The third kappa shape index (κ3) is 1.81. The van der Waals surface area contributed by atoms with E-state index in [1.165, 1.54) is 12.8 Å². The summed E-state index contributed by atoms with van der Waals surface area (Å²) in [6.07, 6.45) is 6.76. The van der Waals surface area contributed by atoms with Crippen molar-refractivity contribution < 1.29 is 5.11 Å². The molecule has 1 saturated heterocycles. The Morgan fingerprint density at radius 3 is 2.40 bits per heavy atom. The minimum atomic E-state index is -0.523. The monoisotopic (exact) mass is 212 g/mol. The summed E-state index contributed by atoms with van der Waals surface area (Å²) in [5.74, 6) is 0. The molecule has 1 unspecified atom stereocenters. The lowest BCUT2D eigenvalue weighted by Gasteiger charge is -2.49. The normalized spacial score (nSPS) is 37.0. The highest BCUT2D eigenvalue weighted by atomic mass is 16.3. The molecule has 15 heavy (non-hydrogen) atoms. The van der Waals surface area contributed by atoms with Crippen LogP contribution >= 0.6 is 0 Å². The number of aliphatic hydroxyl groups is 1. The van der Waals surface area contributed by atoms with E-state index in [2.05, 4.69) is 11.9 Å². The third-order valence-electron chi connectivity index (χ3n) is 4.60. The van der Waals surface area contributed by atoms with Gasteiger partial charge in [0.15, 0.2) is 0 Å². The van der Waals surface area contributed by atoms with E-state index in [1.54, 1.807) is 0 Å². The molecule has 3 heteroatoms. The van der Waals surface area contributed by atoms with Crippen LogP contribution in [-0.4, -0.2) is 42.3 Å². The summed E-state index contributed by atoms with van der Waals surface area (Å²) in [6, 6.07) is 0. The molecule has 0 aromatic rings. The van der Waals surface area contributed by atoms with E-state index >= 15 is 0 Å². The largest absolute Gasteiger partial charge is 0.388 e. The molecule has 1 saturated carbocycles. The van der Waals surface area contributed by atoms with E-state index in [-0.39, 0.29) is 5.41 Å². The number of piperidine rings is 1. The molecule has 88 valence electrons. The van der Waals surface area contributed by atoms with Crippen LogP contribution in [0.5, 0.6) is 0 Å². The van der Waals surface area contributed by atoms with Crippen molar-refractivity contribution >= 4 is 0 Å². The van der Waals surface area contributed by atoms with Gasteiger partial charge >= 0.3 is 0 Å². The fraction of sp³-hybridized carbons (Fsp3) is 1.00. The zero-order valence-corrected chi connectivity index (χ0v) is 9.84. The zero-order chi connectivity index (χ0) is 10.9. The lowest BCUT2D eigenvalue weighted by Crippen LogP contribution is -2.59. The molecule has 0 radical (unpaired) electrons. The quantitative estimate of drug-likeness (QED) is 0.717. The molecule has 3 nitrogen and oxygen atoms in total. The van der Waals surface area contributed by atoms with E-state index in [0.717, 1.165) is 38.8 Å². The molecule has 3 N–H and O–H groups in total. The summed E-state index contributed by atoms with van der Waals surface area (Å²) in [5.41, 5.74) is 5.44. The van der Waals surface area contributed by atoms with Crippen LogP contribution in [0.15, 0.2) is 0 Å². The summed E-state index contributed by atoms with van der Waals surface area (Å²) < 4.78 is 0. The van der Waals surface area contributed by atoms with E-state index < -0.39 is 5.60 Å². The molecule has 1 aliphatic heterocycles. The fourth-order valence-corrected chi connectivity index (χ4v) is 3.59. The molecule has 0 aromatic heterocycles. The average molecular weight is 212 g/mol. The van der Waals surface area contributed by atoms with Gasteiger partial charge in [0.05, 0.1) is 5.60 Å². The number of hydrogen-bond acceptors (Lipinski definition) is 3. The van der Waals surface area contributed by atoms with Crippen molar-refractivity contribution in [2.24, 2.45) is 11.1 Å². The first-order chi connectivity index (χ1) is 7.12. The van der Waals surface area contributed by atoms with E-state index in [0.29, 0.717) is 6.54 Å². The van der Waals surface area contributed by atoms with Gasteiger partial charge in [0.1, 0.15) is 0 Å². The maximum absolute atomic E-state index is 10.9. The number of nitrogens with zero attached hydrogens (tertiary/aromatic N) is 1. The fourth-order valence-electron chi connectivity index (χ4n) is 3.59. The molecular weight excluding hydrogens is 188 g/mol. The summed E-state index contributed by atoms with van der Waals surface area (Å²) >= 11 is 0. The number of hydrogen-bond donors (Lipinski definition) is 2. The number of β-amino-alcohol motifs (C(OH)–C–C–N with tert-alkyl or cyclic N) is 1. The number of likely N-dealkylation sites (tertiary alicyclic amines) is 1. The molecule has 1 heterocycles. The number of nitrogens with two attached hydrogens (primary N) is 1. The highest BCUT2D eigenvalue weighted by Gasteiger charge is 2.51. The Labute approximate surface area is 92.6 Å². The minimum Gasteiger partial charge on any atom is -0.388 e. The topological polar surface area (TPSA) is 49.5 Å². The van der Waals surface area contributed by atoms with E-state index in [1.807, 2.05) is 0 Å². The standard InChI is InChI=1S/C12H24N2O/c1-14-8-4-7-12(15,10-14)11(9-13)5-2-3-6-11/h15H,2-10,13H2,1H3. The molecule has 1 atom stereocenters. The first-order valence-electron chi connectivity index (χ1n) is 6.23. The molecule has 2 aliphatic rings. The van der Waals surface area contributed by atoms with Gasteiger partial charge in [-0.3, -0.25) is 0 Å². The average Bonchev–Trinajstić information content (AvgIpc) is 2.67. The van der Waals surface area contributed by atoms with Crippen molar-refractivity contribution in [3.63, 3.8) is 0 Å². The van der Waals surface area contributed by atoms with Crippen LogP contribution in [0, 0.1) is 5.41 Å². The Balaban J connectivity index is 2.17. The Morgan fingerprint density at radius 2 is 1.87 bits per heavy atom. The van der Waals surface area contributed by atoms with E-state index in [4.69, 9.17) is 5.73 Å². The molecule has 0 aromatic carbocycles. The summed E-state index contributed by atoms with van der Waals surface area (Å²) in [5, 5.41) is 10.9. The van der Waals surface area contributed by atoms with Gasteiger partial charge in [0.25, 0.3) is 0 Å². The van der Waals surface area contributed by atoms with Crippen molar-refractivity contribution in [1.29, 1.82) is 0 Å². The number of rotatable bonds is 2. The Morgan fingerprint density at radius 1 is 1.20 bits per heavy atom. The molecule has 2 rings (SSSR count). The summed E-state index contributed by atoms with van der Waals surface area (Å²) in [7, 11) is 2.10. The third-order valence-corrected chi connectivity index (χ3v) is 4.60. The summed E-state index contributed by atoms with van der Waals surface area (Å²) in [6.45, 7) is 2.57. The highest BCUT2D eigenvalue weighted by Crippen LogP contribution is 2.49. The van der Waals surface area contributed by atoms with Crippen LogP contribution < -0.4 is 5.73 Å². The first-order valence-corrected chi connectivity index (χ1v) is 6.23. The van der Waals surface area contributed by atoms with Gasteiger partial charge in [0, 0.05) is 18.5 Å². The van der Waals surface area contributed by atoms with Gasteiger partial charge in [-0.2, -0.15) is 0 Å². The van der Waals surface area contributed by atoms with Crippen LogP contribution in [-0.2, 0) is 0 Å². The van der Waals surface area contributed by atoms with Crippen molar-refractivity contribution in [3.8, 4) is 0 Å². The van der Waals surface area contributed by atoms with Crippen molar-refractivity contribution in [3.05, 3.63) is 0 Å². The zero-order valence-electron chi connectivity index (χ0n) is 9.84. The molecule has 0 spiro atoms. The van der Waals surface area contributed by atoms with Gasteiger partial charge in [-0.25, -0.2) is 0 Å². The summed E-state index contributed by atoms with van der Waals surface area (Å²) in [4.78, 5) is 2.25. The molecule has 0 amide bonds. The van der Waals surface area contributed by atoms with Crippen molar-refractivity contribution in [2.45, 2.75) is 44.1 Å². The van der Waals surface area contributed by atoms with Crippen LogP contribution in [0.3, 0.4) is 0 Å². The molecular formula is C12H24N2O. The van der Waals surface area contributed by atoms with Crippen molar-refractivity contribution in [1.82, 2.24) is 4.90 Å². The second-order valence-corrected chi connectivity index (χ2v) is 5.56. The Bertz CT molecular complexity index is 226. The van der Waals surface area contributed by atoms with E-state index in [9.17, 15) is 5.11 Å².